The number of nitrogens with one attached hydrogen (secondary N) is 2. The van der Waals surface area contributed by atoms with Gasteiger partial charge in [-0.15, -0.1) is 0 Å². The zero-order valence-electron chi connectivity index (χ0n) is 18.2. The van der Waals surface area contributed by atoms with Gasteiger partial charge in [0.15, 0.2) is 11.5 Å². The zero-order chi connectivity index (χ0) is 23.1. The van der Waals surface area contributed by atoms with Crippen LogP contribution in [0.1, 0.15) is 25.0 Å². The van der Waals surface area contributed by atoms with Gasteiger partial charge in [-0.05, 0) is 54.1 Å². The van der Waals surface area contributed by atoms with E-state index in [-0.39, 0.29) is 24.2 Å². The molecule has 0 fully saturated rings. The van der Waals surface area contributed by atoms with E-state index in [1.165, 1.54) is 12.1 Å². The lowest BCUT2D eigenvalue weighted by atomic mass is 10.1. The van der Waals surface area contributed by atoms with Crippen molar-refractivity contribution in [2.24, 2.45) is 5.92 Å². The first-order valence-corrected chi connectivity index (χ1v) is 11.0. The highest BCUT2D eigenvalue weighted by Crippen LogP contribution is 2.37. The van der Waals surface area contributed by atoms with E-state index >= 15 is 0 Å². The number of amides is 1. The molecule has 3 aromatic rings. The van der Waals surface area contributed by atoms with Crippen LogP contribution in [0.5, 0.6) is 11.5 Å². The highest BCUT2D eigenvalue weighted by molar-refractivity contribution is 9.10. The maximum atomic E-state index is 13.2. The number of methoxy groups -OCH3 is 1. The summed E-state index contributed by atoms with van der Waals surface area (Å²) in [6, 6.07) is 17.5. The van der Waals surface area contributed by atoms with E-state index in [9.17, 15) is 9.18 Å². The van der Waals surface area contributed by atoms with Crippen LogP contribution in [0.15, 0.2) is 65.1 Å². The van der Waals surface area contributed by atoms with Crippen molar-refractivity contribution in [3.8, 4) is 11.5 Å². The van der Waals surface area contributed by atoms with Crippen LogP contribution in [-0.4, -0.2) is 13.0 Å². The van der Waals surface area contributed by atoms with Crippen LogP contribution >= 0.6 is 15.9 Å². The van der Waals surface area contributed by atoms with Gasteiger partial charge in [-0.1, -0.05) is 41.9 Å². The van der Waals surface area contributed by atoms with Gasteiger partial charge in [0.05, 0.1) is 7.11 Å². The van der Waals surface area contributed by atoms with E-state index in [0.717, 1.165) is 27.0 Å². The summed E-state index contributed by atoms with van der Waals surface area (Å²) in [4.78, 5) is 11.8. The fourth-order valence-electron chi connectivity index (χ4n) is 2.95. The summed E-state index contributed by atoms with van der Waals surface area (Å²) in [6.45, 7) is 4.47. The lowest BCUT2D eigenvalue weighted by Crippen LogP contribution is -2.17. The van der Waals surface area contributed by atoms with Crippen molar-refractivity contribution in [3.05, 3.63) is 82.1 Å². The third-order valence-corrected chi connectivity index (χ3v) is 5.57. The van der Waals surface area contributed by atoms with E-state index in [0.29, 0.717) is 18.0 Å². The Labute approximate surface area is 196 Å². The molecule has 0 saturated heterocycles. The maximum absolute atomic E-state index is 13.2. The van der Waals surface area contributed by atoms with Crippen molar-refractivity contribution in [2.75, 3.05) is 17.7 Å². The lowest BCUT2D eigenvalue weighted by Gasteiger charge is -2.18. The number of rotatable bonds is 9. The fraction of sp³-hybridized carbons (Fsp3) is 0.240. The Kier molecular flexibility index (Phi) is 8.11. The summed E-state index contributed by atoms with van der Waals surface area (Å²) in [7, 11) is 1.59. The van der Waals surface area contributed by atoms with Gasteiger partial charge in [-0.2, -0.15) is 0 Å². The average Bonchev–Trinajstić information content (AvgIpc) is 2.79. The van der Waals surface area contributed by atoms with Crippen LogP contribution < -0.4 is 20.1 Å². The molecule has 0 radical (unpaired) electrons. The van der Waals surface area contributed by atoms with E-state index in [4.69, 9.17) is 9.47 Å². The molecule has 0 atom stereocenters. The molecule has 1 amide bonds. The minimum atomic E-state index is -0.284. The van der Waals surface area contributed by atoms with Crippen LogP contribution in [0.2, 0.25) is 0 Å². The first-order valence-electron chi connectivity index (χ1n) is 10.2. The van der Waals surface area contributed by atoms with E-state index < -0.39 is 0 Å². The van der Waals surface area contributed by atoms with Crippen LogP contribution in [0.3, 0.4) is 0 Å². The summed E-state index contributed by atoms with van der Waals surface area (Å²) < 4.78 is 25.6. The number of anilines is 2. The Balaban J connectivity index is 1.72. The van der Waals surface area contributed by atoms with Crippen molar-refractivity contribution in [3.63, 3.8) is 0 Å². The van der Waals surface area contributed by atoms with Gasteiger partial charge in [0.1, 0.15) is 12.4 Å². The van der Waals surface area contributed by atoms with Gasteiger partial charge in [0.25, 0.3) is 0 Å². The minimum Gasteiger partial charge on any atom is -0.493 e. The normalized spacial score (nSPS) is 10.7. The second-order valence-electron chi connectivity index (χ2n) is 7.55. The first kappa shape index (κ1) is 23.6. The van der Waals surface area contributed by atoms with Gasteiger partial charge >= 0.3 is 0 Å². The molecule has 3 rings (SSSR count). The number of ether oxygens (including phenoxy) is 2. The van der Waals surface area contributed by atoms with Gasteiger partial charge in [-0.3, -0.25) is 4.79 Å². The molecule has 0 spiro atoms. The monoisotopic (exact) mass is 500 g/mol. The van der Waals surface area contributed by atoms with Gasteiger partial charge in [0, 0.05) is 33.9 Å². The molecule has 0 aliphatic heterocycles. The Morgan fingerprint density at radius 1 is 1.00 bits per heavy atom. The summed E-state index contributed by atoms with van der Waals surface area (Å²) in [5.74, 6) is 0.840. The summed E-state index contributed by atoms with van der Waals surface area (Å²) in [5, 5.41) is 6.25. The first-order chi connectivity index (χ1) is 15.4. The number of halogens is 2. The molecule has 168 valence electrons. The molecule has 0 aromatic heterocycles. The quantitative estimate of drug-likeness (QED) is 0.357. The molecular formula is C25H26BrFN2O3. The largest absolute Gasteiger partial charge is 0.493 e. The third-order valence-electron chi connectivity index (χ3n) is 4.83. The molecule has 0 heterocycles. The SMILES string of the molecule is COc1ccc(Br)c(CNc2ccc(NC(=O)C(C)C)cc2)c1OCc1ccc(F)cc1. The Hall–Kier alpha value is -3.06. The Morgan fingerprint density at radius 3 is 2.28 bits per heavy atom. The number of carbonyl (C=O) groups excluding carboxylic acids is 1. The number of hydrogen-bond donors (Lipinski definition) is 2. The average molecular weight is 501 g/mol. The molecule has 2 N–H and O–H groups in total. The molecular weight excluding hydrogens is 475 g/mol. The number of benzene rings is 3. The van der Waals surface area contributed by atoms with Crippen LogP contribution in [0.25, 0.3) is 0 Å². The van der Waals surface area contributed by atoms with Crippen LogP contribution in [0, 0.1) is 11.7 Å². The molecule has 0 aliphatic carbocycles. The second kappa shape index (κ2) is 11.0. The Morgan fingerprint density at radius 2 is 1.66 bits per heavy atom. The molecule has 0 aliphatic rings. The highest BCUT2D eigenvalue weighted by atomic mass is 79.9. The second-order valence-corrected chi connectivity index (χ2v) is 8.40. The topological polar surface area (TPSA) is 59.6 Å². The van der Waals surface area contributed by atoms with Gasteiger partial charge in [0.2, 0.25) is 5.91 Å². The van der Waals surface area contributed by atoms with E-state index in [1.54, 1.807) is 19.2 Å². The van der Waals surface area contributed by atoms with E-state index in [1.807, 2.05) is 50.2 Å². The standard InChI is InChI=1S/C25H26BrFN2O3/c1-16(2)25(30)29-20-10-8-19(9-11-20)28-14-21-22(26)12-13-23(31-3)24(21)32-15-17-4-6-18(27)7-5-17/h4-13,16,28H,14-15H2,1-3H3,(H,29,30). The molecule has 7 heteroatoms. The van der Waals surface area contributed by atoms with Gasteiger partial charge in [-0.25, -0.2) is 4.39 Å². The molecule has 3 aromatic carbocycles. The number of hydrogen-bond acceptors (Lipinski definition) is 4. The van der Waals surface area contributed by atoms with E-state index in [2.05, 4.69) is 26.6 Å². The predicted octanol–water partition coefficient (Wildman–Crippen LogP) is 6.38. The third kappa shape index (κ3) is 6.23. The van der Waals surface area contributed by atoms with Crippen molar-refractivity contribution in [1.82, 2.24) is 0 Å². The summed E-state index contributed by atoms with van der Waals surface area (Å²) in [6.07, 6.45) is 0. The van der Waals surface area contributed by atoms with Crippen LogP contribution in [-0.2, 0) is 17.9 Å². The lowest BCUT2D eigenvalue weighted by molar-refractivity contribution is -0.118. The molecule has 5 nitrogen and oxygen atoms in total. The van der Waals surface area contributed by atoms with Crippen molar-refractivity contribution >= 4 is 33.2 Å². The van der Waals surface area contributed by atoms with Crippen molar-refractivity contribution < 1.29 is 18.7 Å². The smallest absolute Gasteiger partial charge is 0.226 e. The van der Waals surface area contributed by atoms with Gasteiger partial charge < -0.3 is 20.1 Å². The molecule has 0 unspecified atom stereocenters. The maximum Gasteiger partial charge on any atom is 0.226 e. The van der Waals surface area contributed by atoms with Crippen molar-refractivity contribution in [2.45, 2.75) is 27.0 Å². The molecule has 32 heavy (non-hydrogen) atoms. The summed E-state index contributed by atoms with van der Waals surface area (Å²) in [5.41, 5.74) is 3.39. The zero-order valence-corrected chi connectivity index (χ0v) is 19.8. The summed E-state index contributed by atoms with van der Waals surface area (Å²) >= 11 is 3.60. The fourth-order valence-corrected chi connectivity index (χ4v) is 3.40. The molecule has 0 saturated carbocycles. The van der Waals surface area contributed by atoms with Crippen LogP contribution in [0.4, 0.5) is 15.8 Å². The number of carbonyl (C=O) groups is 1. The predicted molar refractivity (Wildman–Crippen MR) is 129 cm³/mol. The highest BCUT2D eigenvalue weighted by Gasteiger charge is 2.15. The van der Waals surface area contributed by atoms with Crippen molar-refractivity contribution in [1.29, 1.82) is 0 Å². The minimum absolute atomic E-state index is 0.0195. The Bertz CT molecular complexity index is 1050. The molecule has 0 bridgehead atoms.